The Bertz CT molecular complexity index is 322. The number of ether oxygens (including phenoxy) is 1. The van der Waals surface area contributed by atoms with Gasteiger partial charge in [-0.2, -0.15) is 0 Å². The maximum atomic E-state index is 5.70. The molecular weight excluding hydrogens is 268 g/mol. The van der Waals surface area contributed by atoms with E-state index in [9.17, 15) is 0 Å². The fraction of sp³-hybridized carbons (Fsp3) is 0.583. The van der Waals surface area contributed by atoms with Gasteiger partial charge in [-0.15, -0.1) is 0 Å². The van der Waals surface area contributed by atoms with Crippen molar-refractivity contribution in [2.24, 2.45) is 0 Å². The molecule has 4 heteroatoms. The Morgan fingerprint density at radius 3 is 3.06 bits per heavy atom. The Balaban J connectivity index is 1.97. The fourth-order valence-electron chi connectivity index (χ4n) is 2.09. The monoisotopic (exact) mass is 284 g/mol. The van der Waals surface area contributed by atoms with Gasteiger partial charge in [-0.3, -0.25) is 4.98 Å². The number of halogens is 1. The van der Waals surface area contributed by atoms with Crippen molar-refractivity contribution in [1.29, 1.82) is 0 Å². The lowest BCUT2D eigenvalue weighted by atomic mass is 10.0. The first-order valence-corrected chi connectivity index (χ1v) is 6.48. The molecule has 1 fully saturated rings. The smallest absolute Gasteiger partial charge is 0.0732 e. The van der Waals surface area contributed by atoms with Gasteiger partial charge >= 0.3 is 0 Å². The van der Waals surface area contributed by atoms with E-state index < -0.39 is 0 Å². The van der Waals surface area contributed by atoms with Crippen molar-refractivity contribution in [2.75, 3.05) is 13.7 Å². The quantitative estimate of drug-likeness (QED) is 0.920. The van der Waals surface area contributed by atoms with Crippen LogP contribution in [0.1, 0.15) is 18.5 Å². The standard InChI is InChI=1S/C12H17BrN2O/c1-14-11(12-3-2-6-16-12)7-10-5-4-9(13)8-15-10/h4-5,8,11-12,14H,2-3,6-7H2,1H3. The van der Waals surface area contributed by atoms with Crippen LogP contribution in [0.3, 0.4) is 0 Å². The molecule has 1 aromatic rings. The summed E-state index contributed by atoms with van der Waals surface area (Å²) in [6.07, 6.45) is 5.44. The van der Waals surface area contributed by atoms with Gasteiger partial charge in [-0.05, 0) is 48.0 Å². The van der Waals surface area contributed by atoms with Crippen molar-refractivity contribution < 1.29 is 4.74 Å². The third-order valence-electron chi connectivity index (χ3n) is 3.00. The van der Waals surface area contributed by atoms with E-state index in [1.54, 1.807) is 0 Å². The highest BCUT2D eigenvalue weighted by molar-refractivity contribution is 9.10. The Morgan fingerprint density at radius 2 is 2.50 bits per heavy atom. The topological polar surface area (TPSA) is 34.2 Å². The molecule has 3 nitrogen and oxygen atoms in total. The molecule has 2 rings (SSSR count). The Hall–Kier alpha value is -0.450. The first-order chi connectivity index (χ1) is 7.79. The molecule has 16 heavy (non-hydrogen) atoms. The van der Waals surface area contributed by atoms with Crippen LogP contribution in [0.15, 0.2) is 22.8 Å². The minimum atomic E-state index is 0.343. The normalized spacial score (nSPS) is 22.2. The van der Waals surface area contributed by atoms with Crippen molar-refractivity contribution in [3.05, 3.63) is 28.5 Å². The molecule has 0 aromatic carbocycles. The molecule has 0 aliphatic carbocycles. The average molecular weight is 285 g/mol. The Labute approximate surface area is 105 Å². The van der Waals surface area contributed by atoms with Gasteiger partial charge in [-0.25, -0.2) is 0 Å². The first kappa shape index (κ1) is 12.0. The first-order valence-electron chi connectivity index (χ1n) is 5.69. The lowest BCUT2D eigenvalue weighted by Crippen LogP contribution is -2.39. The van der Waals surface area contributed by atoms with Crippen LogP contribution in [0.25, 0.3) is 0 Å². The van der Waals surface area contributed by atoms with Crippen LogP contribution in [0.2, 0.25) is 0 Å². The van der Waals surface area contributed by atoms with Crippen LogP contribution in [0.5, 0.6) is 0 Å². The van der Waals surface area contributed by atoms with E-state index >= 15 is 0 Å². The molecule has 88 valence electrons. The van der Waals surface area contributed by atoms with Gasteiger partial charge in [-0.1, -0.05) is 0 Å². The number of hydrogen-bond donors (Lipinski definition) is 1. The lowest BCUT2D eigenvalue weighted by Gasteiger charge is -2.22. The average Bonchev–Trinajstić information content (AvgIpc) is 2.82. The third-order valence-corrected chi connectivity index (χ3v) is 3.47. The summed E-state index contributed by atoms with van der Waals surface area (Å²) >= 11 is 3.39. The molecule has 0 amide bonds. The van der Waals surface area contributed by atoms with Gasteiger partial charge in [0, 0.05) is 35.4 Å². The number of nitrogens with zero attached hydrogens (tertiary/aromatic N) is 1. The number of likely N-dealkylation sites (N-methyl/N-ethyl adjacent to an activating group) is 1. The minimum Gasteiger partial charge on any atom is -0.377 e. The minimum absolute atomic E-state index is 0.343. The summed E-state index contributed by atoms with van der Waals surface area (Å²) in [7, 11) is 1.99. The van der Waals surface area contributed by atoms with Crippen LogP contribution >= 0.6 is 15.9 Å². The Kier molecular flexibility index (Phi) is 4.32. The van der Waals surface area contributed by atoms with E-state index in [-0.39, 0.29) is 0 Å². The van der Waals surface area contributed by atoms with E-state index in [4.69, 9.17) is 4.74 Å². The predicted octanol–water partition coefficient (Wildman–Crippen LogP) is 2.15. The molecule has 2 atom stereocenters. The second-order valence-corrected chi connectivity index (χ2v) is 5.03. The number of aromatic nitrogens is 1. The summed E-state index contributed by atoms with van der Waals surface area (Å²) in [5, 5.41) is 3.33. The molecule has 2 unspecified atom stereocenters. The van der Waals surface area contributed by atoms with Crippen molar-refractivity contribution in [3.8, 4) is 0 Å². The molecule has 1 aromatic heterocycles. The molecule has 1 aliphatic rings. The van der Waals surface area contributed by atoms with Gasteiger partial charge in [0.05, 0.1) is 6.10 Å². The lowest BCUT2D eigenvalue weighted by molar-refractivity contribution is 0.0805. The summed E-state index contributed by atoms with van der Waals surface area (Å²) in [5.41, 5.74) is 1.11. The maximum Gasteiger partial charge on any atom is 0.0732 e. The number of hydrogen-bond acceptors (Lipinski definition) is 3. The summed E-state index contributed by atoms with van der Waals surface area (Å²) < 4.78 is 6.72. The van der Waals surface area contributed by atoms with Gasteiger partial charge in [0.15, 0.2) is 0 Å². The molecule has 0 radical (unpaired) electrons. The van der Waals surface area contributed by atoms with Gasteiger partial charge in [0.1, 0.15) is 0 Å². The zero-order valence-corrected chi connectivity index (χ0v) is 11.0. The van der Waals surface area contributed by atoms with Crippen LogP contribution < -0.4 is 5.32 Å². The fourth-order valence-corrected chi connectivity index (χ4v) is 2.33. The van der Waals surface area contributed by atoms with Gasteiger partial charge in [0.25, 0.3) is 0 Å². The predicted molar refractivity (Wildman–Crippen MR) is 67.5 cm³/mol. The van der Waals surface area contributed by atoms with E-state index in [2.05, 4.69) is 32.3 Å². The molecule has 0 bridgehead atoms. The zero-order valence-electron chi connectivity index (χ0n) is 9.45. The van der Waals surface area contributed by atoms with Gasteiger partial charge < -0.3 is 10.1 Å². The number of nitrogens with one attached hydrogen (secondary N) is 1. The van der Waals surface area contributed by atoms with Crippen LogP contribution in [0.4, 0.5) is 0 Å². The van der Waals surface area contributed by atoms with E-state index in [0.29, 0.717) is 12.1 Å². The maximum absolute atomic E-state index is 5.70. The molecule has 0 spiro atoms. The largest absolute Gasteiger partial charge is 0.377 e. The second-order valence-electron chi connectivity index (χ2n) is 4.12. The van der Waals surface area contributed by atoms with E-state index in [1.807, 2.05) is 19.3 Å². The summed E-state index contributed by atoms with van der Waals surface area (Å²) in [5.74, 6) is 0. The molecule has 1 aliphatic heterocycles. The summed E-state index contributed by atoms with van der Waals surface area (Å²) in [6, 6.07) is 4.46. The SMILES string of the molecule is CNC(Cc1ccc(Br)cn1)C1CCCO1. The molecule has 1 saturated heterocycles. The van der Waals surface area contributed by atoms with Crippen LogP contribution in [-0.2, 0) is 11.2 Å². The highest BCUT2D eigenvalue weighted by Crippen LogP contribution is 2.18. The van der Waals surface area contributed by atoms with E-state index in [0.717, 1.165) is 29.6 Å². The summed E-state index contributed by atoms with van der Waals surface area (Å²) in [6.45, 7) is 0.899. The highest BCUT2D eigenvalue weighted by atomic mass is 79.9. The highest BCUT2D eigenvalue weighted by Gasteiger charge is 2.24. The van der Waals surface area contributed by atoms with Crippen molar-refractivity contribution in [1.82, 2.24) is 10.3 Å². The molecular formula is C12H17BrN2O. The zero-order chi connectivity index (χ0) is 11.4. The van der Waals surface area contributed by atoms with Crippen LogP contribution in [-0.4, -0.2) is 30.8 Å². The third kappa shape index (κ3) is 3.03. The summed E-state index contributed by atoms with van der Waals surface area (Å²) in [4.78, 5) is 4.39. The van der Waals surface area contributed by atoms with Gasteiger partial charge in [0.2, 0.25) is 0 Å². The second kappa shape index (κ2) is 5.75. The van der Waals surface area contributed by atoms with Crippen molar-refractivity contribution in [2.45, 2.75) is 31.4 Å². The molecule has 1 N–H and O–H groups in total. The number of rotatable bonds is 4. The van der Waals surface area contributed by atoms with E-state index in [1.165, 1.54) is 6.42 Å². The van der Waals surface area contributed by atoms with Crippen LogP contribution in [0, 0.1) is 0 Å². The molecule has 2 heterocycles. The molecule has 0 saturated carbocycles. The van der Waals surface area contributed by atoms with Crippen molar-refractivity contribution >= 4 is 15.9 Å². The number of pyridine rings is 1. The van der Waals surface area contributed by atoms with Crippen molar-refractivity contribution in [3.63, 3.8) is 0 Å². The Morgan fingerprint density at radius 1 is 1.62 bits per heavy atom.